The molecule has 0 fully saturated rings. The van der Waals surface area contributed by atoms with Gasteiger partial charge in [0.05, 0.1) is 6.42 Å². The molecule has 1 aliphatic rings. The maximum absolute atomic E-state index is 12.3. The molecule has 148 valence electrons. The first-order valence-electron chi connectivity index (χ1n) is 9.69. The third-order valence-electron chi connectivity index (χ3n) is 5.17. The first-order valence-corrected chi connectivity index (χ1v) is 9.69. The lowest BCUT2D eigenvalue weighted by Crippen LogP contribution is -2.31. The Kier molecular flexibility index (Phi) is 6.34. The Morgan fingerprint density at radius 1 is 0.929 bits per heavy atom. The van der Waals surface area contributed by atoms with Crippen molar-refractivity contribution in [3.63, 3.8) is 0 Å². The summed E-state index contributed by atoms with van der Waals surface area (Å²) in [5, 5.41) is 0. The van der Waals surface area contributed by atoms with E-state index in [1.807, 2.05) is 49.3 Å². The van der Waals surface area contributed by atoms with Crippen LogP contribution in [0.25, 0.3) is 0 Å². The van der Waals surface area contributed by atoms with E-state index in [4.69, 9.17) is 4.74 Å². The average Bonchev–Trinajstić information content (AvgIpc) is 3.14. The Bertz CT molecular complexity index is 843. The number of esters is 1. The molecular formula is C23H28N2O3. The summed E-state index contributed by atoms with van der Waals surface area (Å²) in [4.78, 5) is 28.0. The smallest absolute Gasteiger partial charge is 0.310 e. The molecule has 0 heterocycles. The predicted molar refractivity (Wildman–Crippen MR) is 110 cm³/mol. The molecule has 0 atom stereocenters. The molecule has 0 bridgehead atoms. The molecular weight excluding hydrogens is 352 g/mol. The molecule has 2 aromatic rings. The van der Waals surface area contributed by atoms with E-state index in [-0.39, 0.29) is 24.9 Å². The first-order chi connectivity index (χ1) is 13.4. The number of benzene rings is 2. The largest absolute Gasteiger partial charge is 0.455 e. The van der Waals surface area contributed by atoms with Gasteiger partial charge in [0.25, 0.3) is 5.91 Å². The lowest BCUT2D eigenvalue weighted by molar-refractivity contribution is -0.151. The highest BCUT2D eigenvalue weighted by atomic mass is 16.5. The van der Waals surface area contributed by atoms with Crippen LogP contribution in [0.1, 0.15) is 28.7 Å². The zero-order valence-electron chi connectivity index (χ0n) is 16.9. The van der Waals surface area contributed by atoms with Crippen molar-refractivity contribution in [3.05, 3.63) is 64.7 Å². The lowest BCUT2D eigenvalue weighted by atomic mass is 10.0. The Hall–Kier alpha value is -2.82. The molecule has 5 nitrogen and oxygen atoms in total. The van der Waals surface area contributed by atoms with E-state index in [1.54, 1.807) is 11.9 Å². The normalized spacial score (nSPS) is 12.4. The predicted octanol–water partition coefficient (Wildman–Crippen LogP) is 2.99. The van der Waals surface area contributed by atoms with Gasteiger partial charge in [0.2, 0.25) is 0 Å². The van der Waals surface area contributed by atoms with E-state index in [0.717, 1.165) is 29.7 Å². The number of hydrogen-bond donors (Lipinski definition) is 0. The van der Waals surface area contributed by atoms with Crippen LogP contribution in [0.2, 0.25) is 0 Å². The second-order valence-electron chi connectivity index (χ2n) is 7.60. The molecule has 28 heavy (non-hydrogen) atoms. The van der Waals surface area contributed by atoms with E-state index < -0.39 is 0 Å². The van der Waals surface area contributed by atoms with Gasteiger partial charge in [-0.15, -0.1) is 0 Å². The standard InChI is InChI=1S/C23H28N2O3/c1-24(2)21-11-8-17(9-12-21)15-25(3)22(26)16-28-23(27)14-18-7-10-19-5-4-6-20(19)13-18/h7-13H,4-6,14-16H2,1-3H3. The number of carbonyl (C=O) groups is 2. The Morgan fingerprint density at radius 3 is 2.32 bits per heavy atom. The van der Waals surface area contributed by atoms with Crippen molar-refractivity contribution in [3.8, 4) is 0 Å². The maximum Gasteiger partial charge on any atom is 0.310 e. The highest BCUT2D eigenvalue weighted by Gasteiger charge is 2.15. The van der Waals surface area contributed by atoms with Crippen LogP contribution >= 0.6 is 0 Å². The summed E-state index contributed by atoms with van der Waals surface area (Å²) in [7, 11) is 5.69. The van der Waals surface area contributed by atoms with Crippen LogP contribution in [0.3, 0.4) is 0 Å². The fraction of sp³-hybridized carbons (Fsp3) is 0.391. The fourth-order valence-electron chi connectivity index (χ4n) is 3.47. The molecule has 3 rings (SSSR count). The number of aryl methyl sites for hydroxylation is 2. The molecule has 0 spiro atoms. The van der Waals surface area contributed by atoms with Gasteiger partial charge in [-0.1, -0.05) is 30.3 Å². The third kappa shape index (κ3) is 5.12. The minimum atomic E-state index is -0.366. The number of nitrogens with zero attached hydrogens (tertiary/aromatic N) is 2. The van der Waals surface area contributed by atoms with Crippen LogP contribution in [0.15, 0.2) is 42.5 Å². The molecule has 1 amide bonds. The summed E-state index contributed by atoms with van der Waals surface area (Å²) in [5.74, 6) is -0.575. The number of likely N-dealkylation sites (N-methyl/N-ethyl adjacent to an activating group) is 1. The Labute approximate surface area is 166 Å². The van der Waals surface area contributed by atoms with Crippen LogP contribution in [0.5, 0.6) is 0 Å². The highest BCUT2D eigenvalue weighted by molar-refractivity contribution is 5.81. The van der Waals surface area contributed by atoms with Crippen molar-refractivity contribution < 1.29 is 14.3 Å². The van der Waals surface area contributed by atoms with Crippen molar-refractivity contribution in [2.45, 2.75) is 32.2 Å². The summed E-state index contributed by atoms with van der Waals surface area (Å²) in [5.41, 5.74) is 5.81. The van der Waals surface area contributed by atoms with Crippen LogP contribution in [0.4, 0.5) is 5.69 Å². The number of ether oxygens (including phenoxy) is 1. The molecule has 2 aromatic carbocycles. The van der Waals surface area contributed by atoms with Crippen molar-refractivity contribution in [1.82, 2.24) is 4.90 Å². The number of anilines is 1. The van der Waals surface area contributed by atoms with Gasteiger partial charge in [-0.2, -0.15) is 0 Å². The maximum atomic E-state index is 12.3. The van der Waals surface area contributed by atoms with E-state index in [0.29, 0.717) is 6.54 Å². The average molecular weight is 380 g/mol. The van der Waals surface area contributed by atoms with Crippen LogP contribution in [-0.4, -0.2) is 44.5 Å². The topological polar surface area (TPSA) is 49.9 Å². The molecule has 1 aliphatic carbocycles. The molecule has 0 aliphatic heterocycles. The molecule has 0 aromatic heterocycles. The van der Waals surface area contributed by atoms with E-state index in [9.17, 15) is 9.59 Å². The van der Waals surface area contributed by atoms with E-state index >= 15 is 0 Å². The molecule has 0 N–H and O–H groups in total. The van der Waals surface area contributed by atoms with Crippen LogP contribution in [-0.2, 0) is 40.1 Å². The van der Waals surface area contributed by atoms with E-state index in [2.05, 4.69) is 12.1 Å². The Balaban J connectivity index is 1.45. The second kappa shape index (κ2) is 8.91. The molecule has 0 unspecified atom stereocenters. The van der Waals surface area contributed by atoms with Gasteiger partial charge >= 0.3 is 5.97 Å². The number of hydrogen-bond acceptors (Lipinski definition) is 4. The number of fused-ring (bicyclic) bond motifs is 1. The molecule has 0 radical (unpaired) electrons. The third-order valence-corrected chi connectivity index (χ3v) is 5.17. The second-order valence-corrected chi connectivity index (χ2v) is 7.60. The van der Waals surface area contributed by atoms with Gasteiger partial charge in [0.1, 0.15) is 0 Å². The van der Waals surface area contributed by atoms with Crippen molar-refractivity contribution in [2.75, 3.05) is 32.6 Å². The van der Waals surface area contributed by atoms with Gasteiger partial charge in [-0.25, -0.2) is 0 Å². The van der Waals surface area contributed by atoms with E-state index in [1.165, 1.54) is 17.5 Å². The van der Waals surface area contributed by atoms with Crippen molar-refractivity contribution in [2.24, 2.45) is 0 Å². The summed E-state index contributed by atoms with van der Waals surface area (Å²) in [6.07, 6.45) is 3.59. The zero-order valence-corrected chi connectivity index (χ0v) is 16.9. The molecule has 5 heteroatoms. The van der Waals surface area contributed by atoms with Gasteiger partial charge in [-0.05, 0) is 53.6 Å². The zero-order chi connectivity index (χ0) is 20.1. The van der Waals surface area contributed by atoms with Crippen LogP contribution in [0, 0.1) is 0 Å². The lowest BCUT2D eigenvalue weighted by Gasteiger charge is -2.18. The van der Waals surface area contributed by atoms with Gasteiger partial charge in [0.15, 0.2) is 6.61 Å². The quantitative estimate of drug-likeness (QED) is 0.693. The summed E-state index contributed by atoms with van der Waals surface area (Å²) < 4.78 is 5.20. The summed E-state index contributed by atoms with van der Waals surface area (Å²) in [6, 6.07) is 14.2. The van der Waals surface area contributed by atoms with Crippen LogP contribution < -0.4 is 4.90 Å². The highest BCUT2D eigenvalue weighted by Crippen LogP contribution is 2.23. The summed E-state index contributed by atoms with van der Waals surface area (Å²) in [6.45, 7) is 0.255. The summed E-state index contributed by atoms with van der Waals surface area (Å²) >= 11 is 0. The van der Waals surface area contributed by atoms with Gasteiger partial charge in [-0.3, -0.25) is 9.59 Å². The van der Waals surface area contributed by atoms with Crippen molar-refractivity contribution in [1.29, 1.82) is 0 Å². The SMILES string of the molecule is CN(Cc1ccc(N(C)C)cc1)C(=O)COC(=O)Cc1ccc2c(c1)CCC2. The number of rotatable bonds is 7. The minimum Gasteiger partial charge on any atom is -0.455 e. The monoisotopic (exact) mass is 380 g/mol. The number of carbonyl (C=O) groups excluding carboxylic acids is 2. The Morgan fingerprint density at radius 2 is 1.61 bits per heavy atom. The van der Waals surface area contributed by atoms with Crippen molar-refractivity contribution >= 4 is 17.6 Å². The fourth-order valence-corrected chi connectivity index (χ4v) is 3.47. The van der Waals surface area contributed by atoms with Gasteiger partial charge < -0.3 is 14.5 Å². The minimum absolute atomic E-state index is 0.205. The first kappa shape index (κ1) is 19.9. The molecule has 0 saturated carbocycles. The number of amides is 1. The van der Waals surface area contributed by atoms with Gasteiger partial charge in [0, 0.05) is 33.4 Å². The molecule has 0 saturated heterocycles.